The van der Waals surface area contributed by atoms with Gasteiger partial charge in [0.1, 0.15) is 0 Å². The van der Waals surface area contributed by atoms with Crippen molar-refractivity contribution >= 4 is 17.3 Å². The molecule has 1 aromatic carbocycles. The van der Waals surface area contributed by atoms with Crippen LogP contribution in [-0.4, -0.2) is 15.5 Å². The number of anilines is 2. The summed E-state index contributed by atoms with van der Waals surface area (Å²) >= 11 is 0. The summed E-state index contributed by atoms with van der Waals surface area (Å²) in [6, 6.07) is 5.90. The molecule has 0 fully saturated rings. The van der Waals surface area contributed by atoms with Gasteiger partial charge < -0.3 is 15.2 Å². The molecule has 5 nitrogen and oxygen atoms in total. The smallest absolute Gasteiger partial charge is 0.221 e. The fourth-order valence-electron chi connectivity index (χ4n) is 2.08. The first-order valence-corrected chi connectivity index (χ1v) is 6.71. The molecule has 2 rings (SSSR count). The molecule has 0 unspecified atom stereocenters. The molecule has 0 saturated heterocycles. The molecule has 1 aromatic heterocycles. The molecular weight excluding hydrogens is 252 g/mol. The van der Waals surface area contributed by atoms with Gasteiger partial charge in [-0.3, -0.25) is 4.79 Å². The molecule has 0 aliphatic carbocycles. The average Bonchev–Trinajstić information content (AvgIpc) is 2.86. The van der Waals surface area contributed by atoms with E-state index in [4.69, 9.17) is 0 Å². The Morgan fingerprint density at radius 3 is 2.85 bits per heavy atom. The fourth-order valence-corrected chi connectivity index (χ4v) is 2.08. The number of benzene rings is 1. The molecule has 1 amide bonds. The minimum absolute atomic E-state index is 0.0549. The van der Waals surface area contributed by atoms with Crippen LogP contribution in [0.5, 0.6) is 0 Å². The molecule has 2 aromatic rings. The number of amides is 1. The minimum atomic E-state index is -0.0549. The van der Waals surface area contributed by atoms with Gasteiger partial charge in [0.05, 0.1) is 18.6 Å². The highest BCUT2D eigenvalue weighted by atomic mass is 16.1. The van der Waals surface area contributed by atoms with Gasteiger partial charge in [0.25, 0.3) is 0 Å². The third-order valence-corrected chi connectivity index (χ3v) is 3.15. The second kappa shape index (κ2) is 6.23. The van der Waals surface area contributed by atoms with Gasteiger partial charge in [-0.05, 0) is 37.6 Å². The zero-order chi connectivity index (χ0) is 14.5. The highest BCUT2D eigenvalue weighted by Gasteiger charge is 2.03. The molecule has 5 heteroatoms. The third-order valence-electron chi connectivity index (χ3n) is 3.15. The molecule has 0 bridgehead atoms. The lowest BCUT2D eigenvalue weighted by Gasteiger charge is -2.11. The molecular formula is C15H20N4O. The molecule has 0 aliphatic heterocycles. The van der Waals surface area contributed by atoms with Gasteiger partial charge in [0.15, 0.2) is 0 Å². The highest BCUT2D eigenvalue weighted by Crippen LogP contribution is 2.20. The molecule has 20 heavy (non-hydrogen) atoms. The van der Waals surface area contributed by atoms with E-state index in [1.807, 2.05) is 37.6 Å². The van der Waals surface area contributed by atoms with E-state index >= 15 is 0 Å². The Hall–Kier alpha value is -2.30. The lowest BCUT2D eigenvalue weighted by atomic mass is 10.1. The van der Waals surface area contributed by atoms with Crippen LogP contribution in [0.25, 0.3) is 0 Å². The van der Waals surface area contributed by atoms with Crippen molar-refractivity contribution in [3.63, 3.8) is 0 Å². The molecule has 0 aliphatic rings. The first-order chi connectivity index (χ1) is 9.60. The molecule has 0 radical (unpaired) electrons. The Kier molecular flexibility index (Phi) is 4.40. The number of aromatic nitrogens is 2. The number of aryl methyl sites for hydroxylation is 2. The summed E-state index contributed by atoms with van der Waals surface area (Å²) < 4.78 is 2.10. The Balaban J connectivity index is 2.03. The number of imidazole rings is 1. The summed E-state index contributed by atoms with van der Waals surface area (Å²) in [6.45, 7) is 7.23. The number of carbonyl (C=O) groups is 1. The topological polar surface area (TPSA) is 59.0 Å². The quantitative estimate of drug-likeness (QED) is 0.880. The zero-order valence-electron chi connectivity index (χ0n) is 12.1. The van der Waals surface area contributed by atoms with Crippen molar-refractivity contribution in [2.75, 3.05) is 10.6 Å². The van der Waals surface area contributed by atoms with E-state index in [1.165, 1.54) is 6.92 Å². The number of nitrogens with zero attached hydrogens (tertiary/aromatic N) is 2. The van der Waals surface area contributed by atoms with Crippen molar-refractivity contribution in [1.29, 1.82) is 0 Å². The van der Waals surface area contributed by atoms with E-state index in [9.17, 15) is 4.79 Å². The monoisotopic (exact) mass is 272 g/mol. The lowest BCUT2D eigenvalue weighted by Crippen LogP contribution is -2.08. The number of hydrogen-bond acceptors (Lipinski definition) is 3. The van der Waals surface area contributed by atoms with Crippen LogP contribution in [0.1, 0.15) is 25.1 Å². The zero-order valence-corrected chi connectivity index (χ0v) is 12.1. The van der Waals surface area contributed by atoms with Crippen LogP contribution in [0.3, 0.4) is 0 Å². The Labute approximate surface area is 119 Å². The second-order valence-corrected chi connectivity index (χ2v) is 4.74. The van der Waals surface area contributed by atoms with Crippen LogP contribution in [0.15, 0.2) is 30.7 Å². The number of carbonyl (C=O) groups excluding carboxylic acids is 1. The van der Waals surface area contributed by atoms with E-state index in [1.54, 1.807) is 0 Å². The van der Waals surface area contributed by atoms with Crippen molar-refractivity contribution in [3.8, 4) is 0 Å². The molecule has 0 saturated carbocycles. The maximum Gasteiger partial charge on any atom is 0.221 e. The van der Waals surface area contributed by atoms with Gasteiger partial charge in [-0.2, -0.15) is 0 Å². The van der Waals surface area contributed by atoms with Crippen LogP contribution < -0.4 is 10.6 Å². The van der Waals surface area contributed by atoms with E-state index < -0.39 is 0 Å². The first-order valence-electron chi connectivity index (χ1n) is 6.71. The standard InChI is InChI=1S/C15H20N4O/c1-4-19-10-16-8-14(19)9-17-13-5-6-15(11(2)7-13)18-12(3)20/h5-8,10,17H,4,9H2,1-3H3,(H,18,20). The predicted molar refractivity (Wildman–Crippen MR) is 80.7 cm³/mol. The Morgan fingerprint density at radius 1 is 1.40 bits per heavy atom. The second-order valence-electron chi connectivity index (χ2n) is 4.74. The van der Waals surface area contributed by atoms with Crippen molar-refractivity contribution in [2.45, 2.75) is 33.9 Å². The fraction of sp³-hybridized carbons (Fsp3) is 0.333. The summed E-state index contributed by atoms with van der Waals surface area (Å²) in [5, 5.41) is 6.18. The summed E-state index contributed by atoms with van der Waals surface area (Å²) in [7, 11) is 0. The van der Waals surface area contributed by atoms with Crippen molar-refractivity contribution in [3.05, 3.63) is 42.0 Å². The van der Waals surface area contributed by atoms with Gasteiger partial charge >= 0.3 is 0 Å². The maximum atomic E-state index is 11.1. The van der Waals surface area contributed by atoms with E-state index in [0.29, 0.717) is 0 Å². The molecule has 0 atom stereocenters. The van der Waals surface area contributed by atoms with Crippen molar-refractivity contribution in [2.24, 2.45) is 0 Å². The molecule has 1 heterocycles. The van der Waals surface area contributed by atoms with Crippen LogP contribution in [-0.2, 0) is 17.9 Å². The Morgan fingerprint density at radius 2 is 2.20 bits per heavy atom. The first kappa shape index (κ1) is 14.1. The summed E-state index contributed by atoms with van der Waals surface area (Å²) in [6.07, 6.45) is 3.71. The summed E-state index contributed by atoms with van der Waals surface area (Å²) in [5.41, 5.74) is 4.06. The largest absolute Gasteiger partial charge is 0.379 e. The number of hydrogen-bond donors (Lipinski definition) is 2. The van der Waals surface area contributed by atoms with Crippen LogP contribution in [0.2, 0.25) is 0 Å². The van der Waals surface area contributed by atoms with E-state index in [-0.39, 0.29) is 5.91 Å². The van der Waals surface area contributed by atoms with E-state index in [2.05, 4.69) is 27.1 Å². The Bertz CT molecular complexity index is 604. The van der Waals surface area contributed by atoms with E-state index in [0.717, 1.165) is 35.7 Å². The van der Waals surface area contributed by atoms with Crippen LogP contribution in [0, 0.1) is 6.92 Å². The van der Waals surface area contributed by atoms with Crippen molar-refractivity contribution < 1.29 is 4.79 Å². The normalized spacial score (nSPS) is 10.3. The molecule has 106 valence electrons. The maximum absolute atomic E-state index is 11.1. The summed E-state index contributed by atoms with van der Waals surface area (Å²) in [5.74, 6) is -0.0549. The molecule has 2 N–H and O–H groups in total. The SMILES string of the molecule is CCn1cncc1CNc1ccc(NC(C)=O)c(C)c1. The number of rotatable bonds is 5. The number of nitrogens with one attached hydrogen (secondary N) is 2. The van der Waals surface area contributed by atoms with Crippen LogP contribution in [0.4, 0.5) is 11.4 Å². The van der Waals surface area contributed by atoms with Gasteiger partial charge in [0.2, 0.25) is 5.91 Å². The van der Waals surface area contributed by atoms with Gasteiger partial charge in [-0.15, -0.1) is 0 Å². The van der Waals surface area contributed by atoms with Crippen molar-refractivity contribution in [1.82, 2.24) is 9.55 Å². The van der Waals surface area contributed by atoms with Gasteiger partial charge in [-0.25, -0.2) is 4.98 Å². The minimum Gasteiger partial charge on any atom is -0.379 e. The van der Waals surface area contributed by atoms with Gasteiger partial charge in [0, 0.05) is 31.0 Å². The predicted octanol–water partition coefficient (Wildman–Crippen LogP) is 2.78. The van der Waals surface area contributed by atoms with Crippen LogP contribution >= 0.6 is 0 Å². The lowest BCUT2D eigenvalue weighted by molar-refractivity contribution is -0.114. The summed E-state index contributed by atoms with van der Waals surface area (Å²) in [4.78, 5) is 15.2. The van der Waals surface area contributed by atoms with Gasteiger partial charge in [-0.1, -0.05) is 0 Å². The highest BCUT2D eigenvalue weighted by molar-refractivity contribution is 5.89. The molecule has 0 spiro atoms. The third kappa shape index (κ3) is 3.38. The average molecular weight is 272 g/mol.